The second-order valence-electron chi connectivity index (χ2n) is 6.19. The number of para-hydroxylation sites is 1. The van der Waals surface area contributed by atoms with Crippen molar-refractivity contribution in [1.29, 1.82) is 0 Å². The highest BCUT2D eigenvalue weighted by atomic mass is 32.2. The fourth-order valence-corrected chi connectivity index (χ4v) is 3.99. The summed E-state index contributed by atoms with van der Waals surface area (Å²) in [6, 6.07) is 18.2. The van der Waals surface area contributed by atoms with E-state index in [9.17, 15) is 13.2 Å². The molecule has 0 aliphatic heterocycles. The Balaban J connectivity index is 1.79. The summed E-state index contributed by atoms with van der Waals surface area (Å²) < 4.78 is 32.2. The third-order valence-electron chi connectivity index (χ3n) is 4.36. The van der Waals surface area contributed by atoms with Crippen LogP contribution >= 0.6 is 0 Å². The molecule has 150 valence electrons. The molecule has 0 saturated heterocycles. The first-order valence-corrected chi connectivity index (χ1v) is 10.3. The molecule has 8 heteroatoms. The predicted octanol–water partition coefficient (Wildman–Crippen LogP) is 2.85. The predicted molar refractivity (Wildman–Crippen MR) is 110 cm³/mol. The molecule has 3 rings (SSSR count). The van der Waals surface area contributed by atoms with Crippen LogP contribution in [0.1, 0.15) is 15.9 Å². The zero-order valence-electron chi connectivity index (χ0n) is 16.1. The zero-order valence-corrected chi connectivity index (χ0v) is 16.9. The molecule has 0 unspecified atom stereocenters. The molecule has 1 N–H and O–H groups in total. The van der Waals surface area contributed by atoms with Gasteiger partial charge in [-0.2, -0.15) is 0 Å². The number of ether oxygens (including phenoxy) is 1. The van der Waals surface area contributed by atoms with Crippen LogP contribution in [0.5, 0.6) is 5.88 Å². The van der Waals surface area contributed by atoms with Gasteiger partial charge in [0.05, 0.1) is 17.7 Å². The van der Waals surface area contributed by atoms with Crippen LogP contribution in [0.2, 0.25) is 0 Å². The quantitative estimate of drug-likeness (QED) is 0.646. The number of carbonyl (C=O) groups is 1. The number of nitrogens with one attached hydrogen (secondary N) is 1. The van der Waals surface area contributed by atoms with Gasteiger partial charge in [-0.1, -0.05) is 30.3 Å². The minimum atomic E-state index is -3.80. The van der Waals surface area contributed by atoms with Crippen molar-refractivity contribution in [3.05, 3.63) is 84.1 Å². The van der Waals surface area contributed by atoms with Gasteiger partial charge in [0.15, 0.2) is 0 Å². The standard InChI is InChI=1S/C21H21N3O4S/c1-24(18-10-4-3-5-11-18)29(26,27)19-12-6-8-16(14-19)20(25)23-15-17-9-7-13-22-21(17)28-2/h3-14H,15H2,1-2H3,(H,23,25). The first kappa shape index (κ1) is 20.3. The average molecular weight is 411 g/mol. The molecule has 0 aliphatic carbocycles. The van der Waals surface area contributed by atoms with E-state index in [0.29, 0.717) is 11.6 Å². The van der Waals surface area contributed by atoms with E-state index in [1.807, 2.05) is 6.07 Å². The molecule has 1 aromatic heterocycles. The third kappa shape index (κ3) is 4.55. The fourth-order valence-electron chi connectivity index (χ4n) is 2.75. The van der Waals surface area contributed by atoms with Crippen molar-refractivity contribution in [2.75, 3.05) is 18.5 Å². The van der Waals surface area contributed by atoms with E-state index in [2.05, 4.69) is 10.3 Å². The maximum atomic E-state index is 12.9. The number of aromatic nitrogens is 1. The molecule has 0 atom stereocenters. The SMILES string of the molecule is COc1ncccc1CNC(=O)c1cccc(S(=O)(=O)N(C)c2ccccc2)c1. The minimum absolute atomic E-state index is 0.0375. The average Bonchev–Trinajstić information content (AvgIpc) is 2.77. The topological polar surface area (TPSA) is 88.6 Å². The number of rotatable bonds is 7. The first-order valence-electron chi connectivity index (χ1n) is 8.83. The Morgan fingerprint density at radius 1 is 1.07 bits per heavy atom. The van der Waals surface area contributed by atoms with Crippen molar-refractivity contribution in [3.8, 4) is 5.88 Å². The van der Waals surface area contributed by atoms with Crippen LogP contribution in [0.3, 0.4) is 0 Å². The van der Waals surface area contributed by atoms with Crippen LogP contribution in [0, 0.1) is 0 Å². The number of benzene rings is 2. The smallest absolute Gasteiger partial charge is 0.264 e. The van der Waals surface area contributed by atoms with E-state index in [-0.39, 0.29) is 17.0 Å². The Kier molecular flexibility index (Phi) is 6.13. The zero-order chi connectivity index (χ0) is 20.9. The number of hydrogen-bond acceptors (Lipinski definition) is 5. The highest BCUT2D eigenvalue weighted by Crippen LogP contribution is 2.22. The van der Waals surface area contributed by atoms with E-state index in [1.165, 1.54) is 30.6 Å². The molecule has 0 saturated carbocycles. The molecule has 3 aromatic rings. The number of carbonyl (C=O) groups excluding carboxylic acids is 1. The fraction of sp³-hybridized carbons (Fsp3) is 0.143. The largest absolute Gasteiger partial charge is 0.481 e. The van der Waals surface area contributed by atoms with Gasteiger partial charge in [0.2, 0.25) is 5.88 Å². The molecule has 2 aromatic carbocycles. The summed E-state index contributed by atoms with van der Waals surface area (Å²) in [5.41, 5.74) is 1.50. The second-order valence-corrected chi connectivity index (χ2v) is 8.16. The van der Waals surface area contributed by atoms with Crippen molar-refractivity contribution in [2.24, 2.45) is 0 Å². The molecular weight excluding hydrogens is 390 g/mol. The maximum Gasteiger partial charge on any atom is 0.264 e. The molecule has 1 heterocycles. The van der Waals surface area contributed by atoms with Crippen molar-refractivity contribution < 1.29 is 17.9 Å². The Labute approximate surface area is 170 Å². The van der Waals surface area contributed by atoms with E-state index < -0.39 is 15.9 Å². The summed E-state index contributed by atoms with van der Waals surface area (Å²) in [7, 11) is -0.819. The summed E-state index contributed by atoms with van der Waals surface area (Å²) in [5.74, 6) is 0.0314. The summed E-state index contributed by atoms with van der Waals surface area (Å²) in [4.78, 5) is 16.7. The lowest BCUT2D eigenvalue weighted by atomic mass is 10.2. The van der Waals surface area contributed by atoms with Crippen LogP contribution in [0.4, 0.5) is 5.69 Å². The minimum Gasteiger partial charge on any atom is -0.481 e. The van der Waals surface area contributed by atoms with Crippen LogP contribution in [-0.2, 0) is 16.6 Å². The molecule has 0 aliphatic rings. The summed E-state index contributed by atoms with van der Waals surface area (Å²) in [6.07, 6.45) is 1.60. The van der Waals surface area contributed by atoms with Crippen molar-refractivity contribution >= 4 is 21.6 Å². The van der Waals surface area contributed by atoms with Crippen molar-refractivity contribution in [2.45, 2.75) is 11.4 Å². The highest BCUT2D eigenvalue weighted by Gasteiger charge is 2.22. The van der Waals surface area contributed by atoms with Gasteiger partial charge in [0.1, 0.15) is 0 Å². The molecule has 0 spiro atoms. The normalized spacial score (nSPS) is 11.0. The number of sulfonamides is 1. The van der Waals surface area contributed by atoms with E-state index in [1.54, 1.807) is 54.7 Å². The summed E-state index contributed by atoms with van der Waals surface area (Å²) in [6.45, 7) is 0.205. The van der Waals surface area contributed by atoms with Gasteiger partial charge >= 0.3 is 0 Å². The number of amides is 1. The van der Waals surface area contributed by atoms with Gasteiger partial charge in [0, 0.05) is 30.9 Å². The molecule has 29 heavy (non-hydrogen) atoms. The monoisotopic (exact) mass is 411 g/mol. The molecular formula is C21H21N3O4S. The van der Waals surface area contributed by atoms with E-state index in [0.717, 1.165) is 5.56 Å². The number of methoxy groups -OCH3 is 1. The number of nitrogens with zero attached hydrogens (tertiary/aromatic N) is 2. The van der Waals surface area contributed by atoms with E-state index >= 15 is 0 Å². The number of pyridine rings is 1. The third-order valence-corrected chi connectivity index (χ3v) is 6.14. The molecule has 0 bridgehead atoms. The lowest BCUT2D eigenvalue weighted by molar-refractivity contribution is 0.0950. The lowest BCUT2D eigenvalue weighted by Crippen LogP contribution is -2.27. The second kappa shape index (κ2) is 8.74. The van der Waals surface area contributed by atoms with Gasteiger partial charge in [-0.05, 0) is 36.4 Å². The molecule has 7 nitrogen and oxygen atoms in total. The van der Waals surface area contributed by atoms with Gasteiger partial charge in [-0.3, -0.25) is 9.10 Å². The lowest BCUT2D eigenvalue weighted by Gasteiger charge is -2.19. The highest BCUT2D eigenvalue weighted by molar-refractivity contribution is 7.92. The molecule has 1 amide bonds. The first-order chi connectivity index (χ1) is 13.9. The Morgan fingerprint density at radius 2 is 1.83 bits per heavy atom. The van der Waals surface area contributed by atoms with Crippen molar-refractivity contribution in [1.82, 2.24) is 10.3 Å². The molecule has 0 fully saturated rings. The molecule has 0 radical (unpaired) electrons. The van der Waals surface area contributed by atoms with Crippen LogP contribution in [0.15, 0.2) is 77.8 Å². The summed E-state index contributed by atoms with van der Waals surface area (Å²) in [5, 5.41) is 2.76. The number of anilines is 1. The Morgan fingerprint density at radius 3 is 2.55 bits per heavy atom. The van der Waals surface area contributed by atoms with Crippen LogP contribution < -0.4 is 14.4 Å². The van der Waals surface area contributed by atoms with Gasteiger partial charge in [0.25, 0.3) is 15.9 Å². The Hall–Kier alpha value is -3.39. The van der Waals surface area contributed by atoms with E-state index in [4.69, 9.17) is 4.74 Å². The number of hydrogen-bond donors (Lipinski definition) is 1. The Bertz CT molecular complexity index is 1100. The van der Waals surface area contributed by atoms with Gasteiger partial charge in [-0.15, -0.1) is 0 Å². The summed E-state index contributed by atoms with van der Waals surface area (Å²) >= 11 is 0. The van der Waals surface area contributed by atoms with Gasteiger partial charge < -0.3 is 10.1 Å². The van der Waals surface area contributed by atoms with Crippen LogP contribution in [-0.4, -0.2) is 33.5 Å². The van der Waals surface area contributed by atoms with Gasteiger partial charge in [-0.25, -0.2) is 13.4 Å². The van der Waals surface area contributed by atoms with Crippen molar-refractivity contribution in [3.63, 3.8) is 0 Å². The van der Waals surface area contributed by atoms with Crippen LogP contribution in [0.25, 0.3) is 0 Å². The maximum absolute atomic E-state index is 12.9.